The van der Waals surface area contributed by atoms with Gasteiger partial charge in [0.05, 0.1) is 11.3 Å². The first kappa shape index (κ1) is 26.2. The molecule has 12 heteroatoms. The third-order valence-corrected chi connectivity index (χ3v) is 8.10. The molecule has 3 aliphatic rings. The van der Waals surface area contributed by atoms with Gasteiger partial charge in [-0.2, -0.15) is 18.3 Å². The summed E-state index contributed by atoms with van der Waals surface area (Å²) in [6.07, 6.45) is -1.40. The molecule has 1 aliphatic carbocycles. The van der Waals surface area contributed by atoms with Gasteiger partial charge < -0.3 is 20.7 Å². The zero-order valence-corrected chi connectivity index (χ0v) is 20.9. The maximum Gasteiger partial charge on any atom is 0.391 e. The zero-order valence-electron chi connectivity index (χ0n) is 20.9. The fourth-order valence-electron chi connectivity index (χ4n) is 5.98. The number of hydrogen-bond donors (Lipinski definition) is 3. The third kappa shape index (κ3) is 4.89. The van der Waals surface area contributed by atoms with Crippen molar-refractivity contribution < 1.29 is 32.3 Å². The molecule has 0 radical (unpaired) electrons. The van der Waals surface area contributed by atoms with Crippen LogP contribution in [0.4, 0.5) is 24.5 Å². The molecule has 3 heterocycles. The van der Waals surface area contributed by atoms with Crippen LogP contribution in [0, 0.1) is 11.8 Å². The van der Waals surface area contributed by atoms with Crippen molar-refractivity contribution >= 4 is 29.1 Å². The predicted molar refractivity (Wildman–Crippen MR) is 131 cm³/mol. The Labute approximate surface area is 217 Å². The zero-order chi connectivity index (χ0) is 27.1. The third-order valence-electron chi connectivity index (χ3n) is 8.10. The standard InChI is InChI=1S/C26H30F3N5O4/c1-34-20(7-10-30-34)22(35)33-21(15-3-2-4-16(13-15)26(27,28)29)23(36)31-17-5-6-18-19(14-17)32-24(37)25(18)8-11-38-12-9-25/h5-7,10,14-16,21H,2-4,8-9,11-13H2,1H3,(H,31,36)(H,32,37)(H,33,35). The van der Waals surface area contributed by atoms with Crippen LogP contribution in [0.3, 0.4) is 0 Å². The normalized spacial score (nSPS) is 23.4. The van der Waals surface area contributed by atoms with Gasteiger partial charge in [0.1, 0.15) is 11.7 Å². The summed E-state index contributed by atoms with van der Waals surface area (Å²) in [6, 6.07) is 5.39. The van der Waals surface area contributed by atoms with Crippen molar-refractivity contribution in [2.75, 3.05) is 23.8 Å². The highest BCUT2D eigenvalue weighted by Gasteiger charge is 2.48. The second kappa shape index (κ2) is 10.0. The summed E-state index contributed by atoms with van der Waals surface area (Å²) < 4.78 is 47.4. The lowest BCUT2D eigenvalue weighted by atomic mass is 9.75. The quantitative estimate of drug-likeness (QED) is 0.544. The molecule has 3 atom stereocenters. The molecule has 9 nitrogen and oxygen atoms in total. The SMILES string of the molecule is Cn1nccc1C(=O)NC(C(=O)Nc1ccc2c(c1)NC(=O)C21CCOCC1)C1CCCC(C(F)(F)F)C1. The van der Waals surface area contributed by atoms with Crippen molar-refractivity contribution in [1.29, 1.82) is 0 Å². The first-order chi connectivity index (χ1) is 18.1. The summed E-state index contributed by atoms with van der Waals surface area (Å²) in [5.74, 6) is -3.55. The van der Waals surface area contributed by atoms with Gasteiger partial charge in [-0.15, -0.1) is 0 Å². The van der Waals surface area contributed by atoms with Gasteiger partial charge >= 0.3 is 6.18 Å². The largest absolute Gasteiger partial charge is 0.391 e. The van der Waals surface area contributed by atoms with Crippen LogP contribution in [0.1, 0.15) is 54.6 Å². The minimum absolute atomic E-state index is 0.00132. The van der Waals surface area contributed by atoms with E-state index in [9.17, 15) is 27.6 Å². The van der Waals surface area contributed by atoms with Crippen molar-refractivity contribution in [3.05, 3.63) is 41.7 Å². The molecule has 1 aromatic carbocycles. The number of halogens is 3. The van der Waals surface area contributed by atoms with Crippen LogP contribution in [0.15, 0.2) is 30.5 Å². The lowest BCUT2D eigenvalue weighted by Crippen LogP contribution is -2.50. The van der Waals surface area contributed by atoms with E-state index >= 15 is 0 Å². The van der Waals surface area contributed by atoms with E-state index in [-0.39, 0.29) is 24.4 Å². The van der Waals surface area contributed by atoms with Gasteiger partial charge in [-0.05, 0) is 61.8 Å². The fourth-order valence-corrected chi connectivity index (χ4v) is 5.98. The maximum absolute atomic E-state index is 13.5. The van der Waals surface area contributed by atoms with Gasteiger partial charge in [0.15, 0.2) is 0 Å². The summed E-state index contributed by atoms with van der Waals surface area (Å²) in [7, 11) is 1.56. The van der Waals surface area contributed by atoms with E-state index in [0.29, 0.717) is 50.3 Å². The maximum atomic E-state index is 13.5. The van der Waals surface area contributed by atoms with Crippen LogP contribution in [-0.2, 0) is 26.8 Å². The van der Waals surface area contributed by atoms with Crippen molar-refractivity contribution in [3.8, 4) is 0 Å². The Morgan fingerprint density at radius 1 is 1.21 bits per heavy atom. The molecule has 38 heavy (non-hydrogen) atoms. The number of nitrogens with one attached hydrogen (secondary N) is 3. The molecule has 3 amide bonds. The minimum Gasteiger partial charge on any atom is -0.381 e. The minimum atomic E-state index is -4.37. The summed E-state index contributed by atoms with van der Waals surface area (Å²) >= 11 is 0. The number of rotatable bonds is 5. The first-order valence-electron chi connectivity index (χ1n) is 12.8. The Morgan fingerprint density at radius 3 is 2.66 bits per heavy atom. The number of benzene rings is 1. The number of aromatic nitrogens is 2. The van der Waals surface area contributed by atoms with Gasteiger partial charge in [-0.25, -0.2) is 0 Å². The molecule has 3 N–H and O–H groups in total. The summed E-state index contributed by atoms with van der Waals surface area (Å²) in [5, 5.41) is 12.3. The van der Waals surface area contributed by atoms with Gasteiger partial charge in [-0.3, -0.25) is 19.1 Å². The monoisotopic (exact) mass is 533 g/mol. The van der Waals surface area contributed by atoms with Crippen LogP contribution in [-0.4, -0.2) is 52.9 Å². The molecule has 3 unspecified atom stereocenters. The van der Waals surface area contributed by atoms with Crippen molar-refractivity contribution in [1.82, 2.24) is 15.1 Å². The molecule has 5 rings (SSSR count). The number of hydrogen-bond acceptors (Lipinski definition) is 5. The lowest BCUT2D eigenvalue weighted by Gasteiger charge is -2.35. The Bertz CT molecular complexity index is 1240. The van der Waals surface area contributed by atoms with Crippen LogP contribution in [0.2, 0.25) is 0 Å². The number of amides is 3. The molecule has 2 fully saturated rings. The molecule has 204 valence electrons. The topological polar surface area (TPSA) is 114 Å². The molecule has 1 spiro atoms. The van der Waals surface area contributed by atoms with Crippen molar-refractivity contribution in [2.24, 2.45) is 18.9 Å². The number of carbonyl (C=O) groups is 3. The van der Waals surface area contributed by atoms with E-state index in [2.05, 4.69) is 21.0 Å². The number of anilines is 2. The van der Waals surface area contributed by atoms with E-state index in [1.165, 1.54) is 16.9 Å². The number of fused-ring (bicyclic) bond motifs is 2. The Morgan fingerprint density at radius 2 is 1.97 bits per heavy atom. The van der Waals surface area contributed by atoms with Gasteiger partial charge in [0.2, 0.25) is 11.8 Å². The highest BCUT2D eigenvalue weighted by atomic mass is 19.4. The number of nitrogens with zero attached hydrogens (tertiary/aromatic N) is 2. The lowest BCUT2D eigenvalue weighted by molar-refractivity contribution is -0.186. The summed E-state index contributed by atoms with van der Waals surface area (Å²) in [6.45, 7) is 0.952. The Hall–Kier alpha value is -3.41. The molecule has 1 aromatic heterocycles. The Balaban J connectivity index is 1.38. The first-order valence-corrected chi connectivity index (χ1v) is 12.8. The number of alkyl halides is 3. The molecular formula is C26H30F3N5O4. The highest BCUT2D eigenvalue weighted by molar-refractivity contribution is 6.07. The molecule has 1 saturated carbocycles. The summed E-state index contributed by atoms with van der Waals surface area (Å²) in [4.78, 5) is 39.3. The Kier molecular flexibility index (Phi) is 6.93. The summed E-state index contributed by atoms with van der Waals surface area (Å²) in [5.41, 5.74) is 1.32. The van der Waals surface area contributed by atoms with E-state index in [4.69, 9.17) is 4.74 Å². The predicted octanol–water partition coefficient (Wildman–Crippen LogP) is 3.53. The number of ether oxygens (including phenoxy) is 1. The van der Waals surface area contributed by atoms with Crippen LogP contribution < -0.4 is 16.0 Å². The second-order valence-electron chi connectivity index (χ2n) is 10.4. The molecule has 2 aromatic rings. The number of aryl methyl sites for hydroxylation is 1. The van der Waals surface area contributed by atoms with Gasteiger partial charge in [0.25, 0.3) is 5.91 Å². The van der Waals surface area contributed by atoms with E-state index in [0.717, 1.165) is 5.56 Å². The fraction of sp³-hybridized carbons (Fsp3) is 0.538. The second-order valence-corrected chi connectivity index (χ2v) is 10.4. The average molecular weight is 534 g/mol. The van der Waals surface area contributed by atoms with Gasteiger partial charge in [-0.1, -0.05) is 12.5 Å². The molecule has 0 bridgehead atoms. The van der Waals surface area contributed by atoms with E-state index in [1.54, 1.807) is 25.2 Å². The molecule has 2 aliphatic heterocycles. The van der Waals surface area contributed by atoms with Crippen molar-refractivity contribution in [3.63, 3.8) is 0 Å². The number of carbonyl (C=O) groups excluding carboxylic acids is 3. The van der Waals surface area contributed by atoms with Crippen LogP contribution in [0.5, 0.6) is 0 Å². The molecular weight excluding hydrogens is 503 g/mol. The highest BCUT2D eigenvalue weighted by Crippen LogP contribution is 2.45. The smallest absolute Gasteiger partial charge is 0.381 e. The van der Waals surface area contributed by atoms with Crippen LogP contribution >= 0.6 is 0 Å². The average Bonchev–Trinajstić information content (AvgIpc) is 3.43. The van der Waals surface area contributed by atoms with E-state index < -0.39 is 41.3 Å². The van der Waals surface area contributed by atoms with Crippen molar-refractivity contribution in [2.45, 2.75) is 56.2 Å². The van der Waals surface area contributed by atoms with Crippen LogP contribution in [0.25, 0.3) is 0 Å². The molecule has 1 saturated heterocycles. The van der Waals surface area contributed by atoms with Gasteiger partial charge in [0, 0.05) is 37.8 Å². The van der Waals surface area contributed by atoms with E-state index in [1.807, 2.05) is 0 Å².